The van der Waals surface area contributed by atoms with E-state index in [0.29, 0.717) is 10.9 Å². The van der Waals surface area contributed by atoms with Crippen molar-refractivity contribution in [3.63, 3.8) is 0 Å². The van der Waals surface area contributed by atoms with Gasteiger partial charge in [-0.3, -0.25) is 4.79 Å². The summed E-state index contributed by atoms with van der Waals surface area (Å²) < 4.78 is 1.08. The van der Waals surface area contributed by atoms with Crippen molar-refractivity contribution >= 4 is 44.4 Å². The van der Waals surface area contributed by atoms with Crippen LogP contribution in [-0.4, -0.2) is 26.6 Å². The summed E-state index contributed by atoms with van der Waals surface area (Å²) in [7, 11) is 0. The molecule has 23 heavy (non-hydrogen) atoms. The third-order valence-electron chi connectivity index (χ3n) is 3.08. The van der Waals surface area contributed by atoms with Crippen molar-refractivity contribution in [1.29, 1.82) is 0 Å². The number of carbonyl (C=O) groups excluding carboxylic acids is 1. The normalized spacial score (nSPS) is 10.9. The minimum Gasteiger partial charge on any atom is -0.301 e. The molecule has 0 aliphatic heterocycles. The minimum atomic E-state index is -0.0836. The third-order valence-corrected chi connectivity index (χ3v) is 4.93. The van der Waals surface area contributed by atoms with E-state index in [-0.39, 0.29) is 5.91 Å². The number of rotatable bonds is 4. The van der Waals surface area contributed by atoms with Crippen LogP contribution >= 0.6 is 23.1 Å². The van der Waals surface area contributed by atoms with Gasteiger partial charge < -0.3 is 5.32 Å². The summed E-state index contributed by atoms with van der Waals surface area (Å²) >= 11 is 2.89. The first-order chi connectivity index (χ1) is 11.0. The lowest BCUT2D eigenvalue weighted by Crippen LogP contribution is -2.14. The van der Waals surface area contributed by atoms with Crippen molar-refractivity contribution in [3.8, 4) is 0 Å². The molecule has 2 heterocycles. The summed E-state index contributed by atoms with van der Waals surface area (Å²) in [6.07, 6.45) is 0. The van der Waals surface area contributed by atoms with Crippen molar-refractivity contribution in [2.45, 2.75) is 25.8 Å². The molecule has 0 bridgehead atoms. The summed E-state index contributed by atoms with van der Waals surface area (Å²) in [5, 5.41) is 4.30. The minimum absolute atomic E-state index is 0.0836. The number of nitrogens with zero attached hydrogens (tertiary/aromatic N) is 3. The third kappa shape index (κ3) is 4.05. The number of hydrogen-bond acceptors (Lipinski definition) is 6. The zero-order valence-electron chi connectivity index (χ0n) is 13.1. The number of thiazole rings is 1. The topological polar surface area (TPSA) is 67.8 Å². The van der Waals surface area contributed by atoms with Gasteiger partial charge in [-0.25, -0.2) is 15.0 Å². The van der Waals surface area contributed by atoms with Crippen molar-refractivity contribution in [2.24, 2.45) is 0 Å². The SMILES string of the molecule is Cc1ccc2nc(NC(=O)CSc3cc(C)nc(C)n3)sc2c1. The maximum atomic E-state index is 12.1. The molecule has 118 valence electrons. The van der Waals surface area contributed by atoms with Gasteiger partial charge in [0.25, 0.3) is 0 Å². The highest BCUT2D eigenvalue weighted by molar-refractivity contribution is 7.99. The monoisotopic (exact) mass is 344 g/mol. The molecule has 7 heteroatoms. The number of nitrogens with one attached hydrogen (secondary N) is 1. The van der Waals surface area contributed by atoms with Gasteiger partial charge in [0.2, 0.25) is 5.91 Å². The van der Waals surface area contributed by atoms with Gasteiger partial charge in [-0.15, -0.1) is 0 Å². The fourth-order valence-corrected chi connectivity index (χ4v) is 3.92. The average molecular weight is 344 g/mol. The second kappa shape index (κ2) is 6.64. The van der Waals surface area contributed by atoms with Gasteiger partial charge >= 0.3 is 0 Å². The second-order valence-corrected chi connectivity index (χ2v) is 7.25. The lowest BCUT2D eigenvalue weighted by molar-refractivity contribution is -0.113. The molecule has 3 rings (SSSR count). The number of carbonyl (C=O) groups is 1. The smallest absolute Gasteiger partial charge is 0.236 e. The zero-order chi connectivity index (χ0) is 16.4. The molecule has 2 aromatic heterocycles. The van der Waals surface area contributed by atoms with E-state index in [0.717, 1.165) is 26.8 Å². The molecular weight excluding hydrogens is 328 g/mol. The lowest BCUT2D eigenvalue weighted by Gasteiger charge is -2.03. The molecule has 1 N–H and O–H groups in total. The number of hydrogen-bond donors (Lipinski definition) is 1. The first-order valence-electron chi connectivity index (χ1n) is 7.12. The highest BCUT2D eigenvalue weighted by atomic mass is 32.2. The van der Waals surface area contributed by atoms with Gasteiger partial charge in [0.05, 0.1) is 16.0 Å². The molecule has 3 aromatic rings. The van der Waals surface area contributed by atoms with Crippen molar-refractivity contribution in [3.05, 3.63) is 41.3 Å². The molecule has 5 nitrogen and oxygen atoms in total. The number of aromatic nitrogens is 3. The van der Waals surface area contributed by atoms with Crippen molar-refractivity contribution in [2.75, 3.05) is 11.1 Å². The van der Waals surface area contributed by atoms with Crippen molar-refractivity contribution in [1.82, 2.24) is 15.0 Å². The van der Waals surface area contributed by atoms with Gasteiger partial charge in [0, 0.05) is 5.69 Å². The first kappa shape index (κ1) is 15.9. The van der Waals surface area contributed by atoms with Crippen LogP contribution < -0.4 is 5.32 Å². The van der Waals surface area contributed by atoms with Crippen LogP contribution in [0.4, 0.5) is 5.13 Å². The number of amides is 1. The molecule has 0 atom stereocenters. The Hall–Kier alpha value is -1.99. The van der Waals surface area contributed by atoms with E-state index in [4.69, 9.17) is 0 Å². The summed E-state index contributed by atoms with van der Waals surface area (Å²) in [5.74, 6) is 0.930. The number of fused-ring (bicyclic) bond motifs is 1. The highest BCUT2D eigenvalue weighted by Crippen LogP contribution is 2.27. The molecule has 1 amide bonds. The van der Waals surface area contributed by atoms with Crippen LogP contribution in [0.5, 0.6) is 0 Å². The first-order valence-corrected chi connectivity index (χ1v) is 8.92. The predicted molar refractivity (Wildman–Crippen MR) is 95.2 cm³/mol. The maximum absolute atomic E-state index is 12.1. The molecule has 0 spiro atoms. The zero-order valence-corrected chi connectivity index (χ0v) is 14.7. The van der Waals surface area contributed by atoms with Gasteiger partial charge in [-0.2, -0.15) is 0 Å². The molecular formula is C16H16N4OS2. The molecule has 0 fully saturated rings. The Morgan fingerprint density at radius 3 is 2.78 bits per heavy atom. The quantitative estimate of drug-likeness (QED) is 0.577. The molecule has 1 aromatic carbocycles. The molecule has 0 aliphatic rings. The summed E-state index contributed by atoms with van der Waals surface area (Å²) in [6, 6.07) is 7.94. The number of aryl methyl sites for hydroxylation is 3. The second-order valence-electron chi connectivity index (χ2n) is 5.22. The van der Waals surface area contributed by atoms with E-state index >= 15 is 0 Å². The fourth-order valence-electron chi connectivity index (χ4n) is 2.14. The molecule has 0 saturated heterocycles. The van der Waals surface area contributed by atoms with E-state index in [1.54, 1.807) is 0 Å². The number of anilines is 1. The van der Waals surface area contributed by atoms with Gasteiger partial charge in [-0.05, 0) is 44.5 Å². The Bertz CT molecular complexity index is 855. The molecule has 0 saturated carbocycles. The van der Waals surface area contributed by atoms with Crippen LogP contribution in [0, 0.1) is 20.8 Å². The summed E-state index contributed by atoms with van der Waals surface area (Å²) in [4.78, 5) is 25.1. The Morgan fingerprint density at radius 1 is 1.17 bits per heavy atom. The van der Waals surface area contributed by atoms with E-state index in [2.05, 4.69) is 26.3 Å². The van der Waals surface area contributed by atoms with Crippen LogP contribution in [-0.2, 0) is 4.79 Å². The van der Waals surface area contributed by atoms with E-state index in [1.165, 1.54) is 28.7 Å². The van der Waals surface area contributed by atoms with Crippen molar-refractivity contribution < 1.29 is 4.79 Å². The standard InChI is InChI=1S/C16H16N4OS2/c1-9-4-5-12-13(6-9)23-16(19-12)20-14(21)8-22-15-7-10(2)17-11(3)18-15/h4-7H,8H2,1-3H3,(H,19,20,21). The van der Waals surface area contributed by atoms with Crippen LogP contribution in [0.25, 0.3) is 10.2 Å². The van der Waals surface area contributed by atoms with Gasteiger partial charge in [0.1, 0.15) is 10.9 Å². The highest BCUT2D eigenvalue weighted by Gasteiger charge is 2.09. The van der Waals surface area contributed by atoms with Crippen LogP contribution in [0.1, 0.15) is 17.1 Å². The summed E-state index contributed by atoms with van der Waals surface area (Å²) in [6.45, 7) is 5.81. The van der Waals surface area contributed by atoms with E-state index in [9.17, 15) is 4.79 Å². The van der Waals surface area contributed by atoms with Crippen LogP contribution in [0.15, 0.2) is 29.3 Å². The average Bonchev–Trinajstić information content (AvgIpc) is 2.85. The van der Waals surface area contributed by atoms with Gasteiger partial charge in [0.15, 0.2) is 5.13 Å². The van der Waals surface area contributed by atoms with Crippen LogP contribution in [0.2, 0.25) is 0 Å². The van der Waals surface area contributed by atoms with Crippen LogP contribution in [0.3, 0.4) is 0 Å². The number of benzene rings is 1. The lowest BCUT2D eigenvalue weighted by atomic mass is 10.2. The Labute approximate surface area is 142 Å². The maximum Gasteiger partial charge on any atom is 0.236 e. The summed E-state index contributed by atoms with van der Waals surface area (Å²) in [5.41, 5.74) is 3.00. The van der Waals surface area contributed by atoms with E-state index < -0.39 is 0 Å². The number of thioether (sulfide) groups is 1. The molecule has 0 aliphatic carbocycles. The molecule has 0 unspecified atom stereocenters. The molecule has 0 radical (unpaired) electrons. The van der Waals surface area contributed by atoms with E-state index in [1.807, 2.05) is 39.0 Å². The Balaban J connectivity index is 1.64. The largest absolute Gasteiger partial charge is 0.301 e. The fraction of sp³-hybridized carbons (Fsp3) is 0.250. The van der Waals surface area contributed by atoms with Gasteiger partial charge in [-0.1, -0.05) is 29.2 Å². The Kier molecular flexibility index (Phi) is 4.58. The Morgan fingerprint density at radius 2 is 2.00 bits per heavy atom. The predicted octanol–water partition coefficient (Wildman–Crippen LogP) is 3.74.